The Balaban J connectivity index is 2.46. The average Bonchev–Trinajstić information content (AvgIpc) is 2.55. The lowest BCUT2D eigenvalue weighted by Gasteiger charge is -2.16. The number of rotatable bonds is 3. The van der Waals surface area contributed by atoms with Crippen molar-refractivity contribution >= 4 is 62.7 Å². The Morgan fingerprint density at radius 1 is 0.500 bits per heavy atom. The molecule has 0 unspecified atom stereocenters. The van der Waals surface area contributed by atoms with Crippen LogP contribution in [0.25, 0.3) is 32.3 Å². The van der Waals surface area contributed by atoms with Gasteiger partial charge in [-0.2, -0.15) is 25.3 Å². The van der Waals surface area contributed by atoms with Crippen LogP contribution in [0, 0.1) is 0 Å². The predicted molar refractivity (Wildman–Crippen MR) is 99.6 cm³/mol. The fourth-order valence-electron chi connectivity index (χ4n) is 3.46. The van der Waals surface area contributed by atoms with Gasteiger partial charge in [0.25, 0.3) is 30.4 Å². The van der Waals surface area contributed by atoms with Gasteiger partial charge >= 0.3 is 0 Å². The molecular formula is C16H10O9S3. The molecule has 0 radical (unpaired) electrons. The molecule has 0 spiro atoms. The molecule has 0 aliphatic heterocycles. The fraction of sp³-hybridized carbons (Fsp3) is 0. The van der Waals surface area contributed by atoms with Crippen molar-refractivity contribution in [1.82, 2.24) is 0 Å². The van der Waals surface area contributed by atoms with Crippen LogP contribution in [-0.4, -0.2) is 38.9 Å². The van der Waals surface area contributed by atoms with E-state index in [9.17, 15) is 38.9 Å². The molecule has 0 saturated carbocycles. The van der Waals surface area contributed by atoms with Gasteiger partial charge in [0.2, 0.25) is 0 Å². The van der Waals surface area contributed by atoms with E-state index in [1.807, 2.05) is 0 Å². The minimum absolute atomic E-state index is 0.00301. The molecule has 0 aliphatic rings. The Bertz CT molecular complexity index is 1610. The predicted octanol–water partition coefficient (Wildman–Crippen LogP) is 2.32. The molecule has 146 valence electrons. The summed E-state index contributed by atoms with van der Waals surface area (Å²) in [6.07, 6.45) is 0. The first-order valence-electron chi connectivity index (χ1n) is 7.47. The first-order valence-corrected chi connectivity index (χ1v) is 11.8. The van der Waals surface area contributed by atoms with E-state index in [1.54, 1.807) is 0 Å². The van der Waals surface area contributed by atoms with Crippen LogP contribution in [0.2, 0.25) is 0 Å². The second-order valence-corrected chi connectivity index (χ2v) is 10.3. The molecule has 0 aliphatic carbocycles. The summed E-state index contributed by atoms with van der Waals surface area (Å²) in [4.78, 5) is -1.81. The maximum absolute atomic E-state index is 11.9. The summed E-state index contributed by atoms with van der Waals surface area (Å²) in [7, 11) is -14.3. The van der Waals surface area contributed by atoms with Crippen molar-refractivity contribution < 1.29 is 38.9 Å². The van der Waals surface area contributed by atoms with Crippen molar-refractivity contribution in [2.45, 2.75) is 14.7 Å². The monoisotopic (exact) mass is 442 g/mol. The number of hydrogen-bond acceptors (Lipinski definition) is 6. The van der Waals surface area contributed by atoms with Gasteiger partial charge in [0, 0.05) is 21.5 Å². The normalized spacial score (nSPS) is 13.7. The summed E-state index contributed by atoms with van der Waals surface area (Å²) in [6.45, 7) is 0. The summed E-state index contributed by atoms with van der Waals surface area (Å²) in [5.74, 6) is 0. The molecular weight excluding hydrogens is 432 g/mol. The Labute approximate surface area is 158 Å². The lowest BCUT2D eigenvalue weighted by Crippen LogP contribution is -2.05. The maximum atomic E-state index is 11.9. The summed E-state index contributed by atoms with van der Waals surface area (Å²) < 4.78 is 99.5. The fourth-order valence-corrected chi connectivity index (χ4v) is 5.55. The third-order valence-electron chi connectivity index (χ3n) is 4.50. The van der Waals surface area contributed by atoms with E-state index >= 15 is 0 Å². The lowest BCUT2D eigenvalue weighted by atomic mass is 9.94. The van der Waals surface area contributed by atoms with Crippen LogP contribution in [0.1, 0.15) is 0 Å². The quantitative estimate of drug-likeness (QED) is 0.319. The zero-order chi connectivity index (χ0) is 20.6. The van der Waals surface area contributed by atoms with Crippen LogP contribution in [-0.2, 0) is 30.4 Å². The van der Waals surface area contributed by atoms with Crippen LogP contribution in [0.15, 0.2) is 57.2 Å². The van der Waals surface area contributed by atoms with Crippen molar-refractivity contribution in [3.05, 3.63) is 42.5 Å². The number of hydrogen-bond donors (Lipinski definition) is 3. The van der Waals surface area contributed by atoms with Gasteiger partial charge in [-0.05, 0) is 29.0 Å². The van der Waals surface area contributed by atoms with Crippen LogP contribution in [0.4, 0.5) is 0 Å². The van der Waals surface area contributed by atoms with Crippen molar-refractivity contribution in [1.29, 1.82) is 0 Å². The molecule has 0 saturated heterocycles. The largest absolute Gasteiger partial charge is 0.295 e. The summed E-state index contributed by atoms with van der Waals surface area (Å²) in [5.41, 5.74) is 0. The van der Waals surface area contributed by atoms with E-state index in [0.717, 1.165) is 24.3 Å². The standard InChI is InChI=1S/C16H10O9S3/c17-26(18,19)12-6-4-10-14(28(23,24)25)7-11-13(27(20,21)22)5-2-8-1-3-9(12)16(10)15(8)11/h1-7H,(H,17,18,19)(H,20,21,22)(H,23,24,25). The van der Waals surface area contributed by atoms with Gasteiger partial charge in [-0.25, -0.2) is 0 Å². The second-order valence-electron chi connectivity index (χ2n) is 6.11. The highest BCUT2D eigenvalue weighted by molar-refractivity contribution is 7.86. The van der Waals surface area contributed by atoms with Crippen molar-refractivity contribution in [3.63, 3.8) is 0 Å². The van der Waals surface area contributed by atoms with Crippen LogP contribution in [0.3, 0.4) is 0 Å². The van der Waals surface area contributed by atoms with Gasteiger partial charge in [-0.15, -0.1) is 0 Å². The highest BCUT2D eigenvalue weighted by atomic mass is 32.2. The van der Waals surface area contributed by atoms with Crippen LogP contribution >= 0.6 is 0 Å². The Morgan fingerprint density at radius 2 is 0.929 bits per heavy atom. The topological polar surface area (TPSA) is 163 Å². The Hall–Kier alpha value is -2.35. The highest BCUT2D eigenvalue weighted by Gasteiger charge is 2.26. The third-order valence-corrected chi connectivity index (χ3v) is 7.21. The lowest BCUT2D eigenvalue weighted by molar-refractivity contribution is 0.481. The molecule has 4 rings (SSSR count). The zero-order valence-electron chi connectivity index (χ0n) is 13.6. The number of benzene rings is 4. The van der Waals surface area contributed by atoms with Gasteiger partial charge in [0.05, 0.1) is 0 Å². The van der Waals surface area contributed by atoms with E-state index in [0.29, 0.717) is 5.39 Å². The Morgan fingerprint density at radius 3 is 1.50 bits per heavy atom. The molecule has 4 aromatic carbocycles. The van der Waals surface area contributed by atoms with Gasteiger partial charge < -0.3 is 0 Å². The van der Waals surface area contributed by atoms with Gasteiger partial charge in [0.1, 0.15) is 14.7 Å². The van der Waals surface area contributed by atoms with E-state index in [2.05, 4.69) is 0 Å². The minimum Gasteiger partial charge on any atom is -0.282 e. The second kappa shape index (κ2) is 5.59. The first-order chi connectivity index (χ1) is 12.8. The summed E-state index contributed by atoms with van der Waals surface area (Å²) >= 11 is 0. The van der Waals surface area contributed by atoms with Crippen LogP contribution < -0.4 is 0 Å². The van der Waals surface area contributed by atoms with E-state index in [4.69, 9.17) is 0 Å². The zero-order valence-corrected chi connectivity index (χ0v) is 16.0. The Kier molecular flexibility index (Phi) is 3.79. The van der Waals surface area contributed by atoms with Gasteiger partial charge in [-0.1, -0.05) is 24.3 Å². The molecule has 9 nitrogen and oxygen atoms in total. The average molecular weight is 442 g/mol. The van der Waals surface area contributed by atoms with Crippen LogP contribution in [0.5, 0.6) is 0 Å². The van der Waals surface area contributed by atoms with E-state index < -0.39 is 45.0 Å². The third kappa shape index (κ3) is 2.73. The van der Waals surface area contributed by atoms with E-state index in [-0.39, 0.29) is 26.9 Å². The molecule has 0 fully saturated rings. The smallest absolute Gasteiger partial charge is 0.282 e. The molecule has 28 heavy (non-hydrogen) atoms. The SMILES string of the molecule is O=S(=O)(O)c1ccc2ccc3c(S(=O)(=O)O)ccc4c(S(=O)(=O)O)cc1c2c34. The summed E-state index contributed by atoms with van der Waals surface area (Å²) in [5, 5.41) is 0.210. The molecule has 0 bridgehead atoms. The molecule has 0 amide bonds. The molecule has 4 aromatic rings. The van der Waals surface area contributed by atoms with Crippen molar-refractivity contribution in [2.24, 2.45) is 0 Å². The van der Waals surface area contributed by atoms with Gasteiger partial charge in [-0.3, -0.25) is 13.7 Å². The van der Waals surface area contributed by atoms with Crippen molar-refractivity contribution in [3.8, 4) is 0 Å². The van der Waals surface area contributed by atoms with Gasteiger partial charge in [0.15, 0.2) is 0 Å². The maximum Gasteiger partial charge on any atom is 0.295 e. The summed E-state index contributed by atoms with van der Waals surface area (Å²) in [6, 6.07) is 8.18. The molecule has 12 heteroatoms. The molecule has 0 heterocycles. The molecule has 3 N–H and O–H groups in total. The first kappa shape index (κ1) is 19.0. The highest BCUT2D eigenvalue weighted by Crippen LogP contribution is 2.42. The molecule has 0 atom stereocenters. The minimum atomic E-state index is -4.85. The van der Waals surface area contributed by atoms with E-state index in [1.165, 1.54) is 18.2 Å². The van der Waals surface area contributed by atoms with Crippen molar-refractivity contribution in [2.75, 3.05) is 0 Å². The molecule has 0 aromatic heterocycles.